The van der Waals surface area contributed by atoms with Crippen molar-refractivity contribution in [1.29, 1.82) is 0 Å². The van der Waals surface area contributed by atoms with Gasteiger partial charge in [0.15, 0.2) is 18.1 Å². The molecule has 2 N–H and O–H groups in total. The van der Waals surface area contributed by atoms with Gasteiger partial charge in [-0.25, -0.2) is 4.98 Å². The molecule has 0 radical (unpaired) electrons. The van der Waals surface area contributed by atoms with Gasteiger partial charge in [-0.3, -0.25) is 9.69 Å². The molecule has 11 nitrogen and oxygen atoms in total. The Labute approximate surface area is 276 Å². The van der Waals surface area contributed by atoms with Gasteiger partial charge in [0.25, 0.3) is 5.91 Å². The second kappa shape index (κ2) is 14.5. The van der Waals surface area contributed by atoms with Gasteiger partial charge in [0.2, 0.25) is 0 Å². The summed E-state index contributed by atoms with van der Waals surface area (Å²) >= 11 is 12.9. The average Bonchev–Trinajstić information content (AvgIpc) is 3.44. The number of nitrogens with zero attached hydrogens (tertiary/aromatic N) is 4. The molecule has 46 heavy (non-hydrogen) atoms. The molecule has 2 aromatic carbocycles. The molecular weight excluding hydrogens is 635 g/mol. The SMILES string of the molecule is COc1ccc(C2c3c(nc4cc(Cl)ccn34)CCN2C(=O)COc2ccc(CN3CCOCC3)cc2Cl)cc1OCC(O)CO. The van der Waals surface area contributed by atoms with Gasteiger partial charge in [-0.1, -0.05) is 35.3 Å². The second-order valence-corrected chi connectivity index (χ2v) is 12.1. The van der Waals surface area contributed by atoms with Crippen molar-refractivity contribution >= 4 is 34.8 Å². The molecule has 1 amide bonds. The van der Waals surface area contributed by atoms with Crippen molar-refractivity contribution in [3.05, 3.63) is 87.3 Å². The maximum atomic E-state index is 14.0. The van der Waals surface area contributed by atoms with E-state index in [1.54, 1.807) is 35.2 Å². The van der Waals surface area contributed by atoms with E-state index in [2.05, 4.69) is 4.90 Å². The highest BCUT2D eigenvalue weighted by Crippen LogP contribution is 2.40. The van der Waals surface area contributed by atoms with Crippen molar-refractivity contribution < 1.29 is 34.0 Å². The number of amides is 1. The number of hydrogen-bond acceptors (Lipinski definition) is 9. The molecule has 0 aliphatic carbocycles. The van der Waals surface area contributed by atoms with Gasteiger partial charge >= 0.3 is 0 Å². The van der Waals surface area contributed by atoms with Crippen LogP contribution in [0.5, 0.6) is 17.2 Å². The Morgan fingerprint density at radius 2 is 1.85 bits per heavy atom. The van der Waals surface area contributed by atoms with E-state index in [4.69, 9.17) is 47.1 Å². The molecule has 2 aromatic heterocycles. The van der Waals surface area contributed by atoms with E-state index in [-0.39, 0.29) is 19.1 Å². The van der Waals surface area contributed by atoms with Crippen molar-refractivity contribution in [3.8, 4) is 17.2 Å². The van der Waals surface area contributed by atoms with Crippen molar-refractivity contribution in [2.75, 3.05) is 59.8 Å². The Morgan fingerprint density at radius 1 is 1.04 bits per heavy atom. The first-order chi connectivity index (χ1) is 22.3. The molecule has 0 bridgehead atoms. The number of rotatable bonds is 11. The normalized spacial score (nSPS) is 17.5. The molecule has 2 aliphatic rings. The Morgan fingerprint density at radius 3 is 2.61 bits per heavy atom. The number of hydrogen-bond donors (Lipinski definition) is 2. The molecule has 0 saturated carbocycles. The minimum Gasteiger partial charge on any atom is -0.493 e. The van der Waals surface area contributed by atoms with Crippen LogP contribution in [0, 0.1) is 0 Å². The highest BCUT2D eigenvalue weighted by molar-refractivity contribution is 6.32. The highest BCUT2D eigenvalue weighted by atomic mass is 35.5. The Balaban J connectivity index is 1.28. The molecule has 1 saturated heterocycles. The van der Waals surface area contributed by atoms with Gasteiger partial charge in [-0.05, 0) is 41.5 Å². The van der Waals surface area contributed by atoms with Crippen LogP contribution >= 0.6 is 23.2 Å². The molecule has 13 heteroatoms. The number of aliphatic hydroxyl groups excluding tert-OH is 2. The number of fused-ring (bicyclic) bond motifs is 3. The number of ether oxygens (including phenoxy) is 4. The van der Waals surface area contributed by atoms with Crippen LogP contribution < -0.4 is 14.2 Å². The van der Waals surface area contributed by atoms with Crippen molar-refractivity contribution in [2.24, 2.45) is 0 Å². The Hall–Kier alpha value is -3.58. The third-order valence-electron chi connectivity index (χ3n) is 8.18. The predicted molar refractivity (Wildman–Crippen MR) is 172 cm³/mol. The lowest BCUT2D eigenvalue weighted by molar-refractivity contribution is -0.135. The van der Waals surface area contributed by atoms with E-state index >= 15 is 0 Å². The Bertz CT molecular complexity index is 1690. The van der Waals surface area contributed by atoms with E-state index in [9.17, 15) is 15.0 Å². The second-order valence-electron chi connectivity index (χ2n) is 11.3. The summed E-state index contributed by atoms with van der Waals surface area (Å²) < 4.78 is 24.7. The number of imidazole rings is 1. The summed E-state index contributed by atoms with van der Waals surface area (Å²) in [6, 6.07) is 14.1. The first kappa shape index (κ1) is 32.4. The van der Waals surface area contributed by atoms with E-state index in [0.29, 0.717) is 45.9 Å². The number of pyridine rings is 1. The highest BCUT2D eigenvalue weighted by Gasteiger charge is 2.36. The molecule has 4 heterocycles. The van der Waals surface area contributed by atoms with Crippen molar-refractivity contribution in [3.63, 3.8) is 0 Å². The summed E-state index contributed by atoms with van der Waals surface area (Å²) in [6.07, 6.45) is 1.32. The summed E-state index contributed by atoms with van der Waals surface area (Å²) in [5, 5.41) is 20.2. The zero-order chi connectivity index (χ0) is 32.2. The number of benzene rings is 2. The summed E-state index contributed by atoms with van der Waals surface area (Å²) in [4.78, 5) is 22.9. The Kier molecular flexibility index (Phi) is 10.2. The standard InChI is InChI=1S/C33H36Cl2N4O7/c1-43-28-5-3-22(15-29(28)45-19-24(41)18-40)32-33-26(36-30-16-23(34)6-8-38(30)33)7-9-39(32)31(42)20-46-27-4-2-21(14-25(27)35)17-37-10-12-44-13-11-37/h2-6,8,14-16,24,32,40-41H,7,9-13,17-20H2,1H3. The molecule has 1 fully saturated rings. The number of methoxy groups -OCH3 is 1. The number of aliphatic hydroxyl groups is 2. The fraction of sp³-hybridized carbons (Fsp3) is 0.394. The smallest absolute Gasteiger partial charge is 0.261 e. The number of morpholine rings is 1. The minimum atomic E-state index is -1.06. The first-order valence-corrected chi connectivity index (χ1v) is 15.9. The zero-order valence-electron chi connectivity index (χ0n) is 25.4. The van der Waals surface area contributed by atoms with Crippen LogP contribution in [0.15, 0.2) is 54.7 Å². The number of halogens is 2. The average molecular weight is 672 g/mol. The molecule has 0 spiro atoms. The zero-order valence-corrected chi connectivity index (χ0v) is 26.9. The molecule has 4 aromatic rings. The lowest BCUT2D eigenvalue weighted by atomic mass is 9.95. The van der Waals surface area contributed by atoms with Crippen molar-refractivity contribution in [2.45, 2.75) is 25.1 Å². The van der Waals surface area contributed by atoms with Gasteiger partial charge in [0.1, 0.15) is 24.1 Å². The maximum Gasteiger partial charge on any atom is 0.261 e. The van der Waals surface area contributed by atoms with Crippen LogP contribution in [0.2, 0.25) is 10.0 Å². The van der Waals surface area contributed by atoms with Crippen LogP contribution in [-0.4, -0.2) is 101 Å². The van der Waals surface area contributed by atoms with Gasteiger partial charge in [0.05, 0.1) is 49.4 Å². The quantitative estimate of drug-likeness (QED) is 0.246. The van der Waals surface area contributed by atoms with E-state index in [0.717, 1.165) is 55.4 Å². The molecule has 2 atom stereocenters. The summed E-state index contributed by atoms with van der Waals surface area (Å²) in [6.45, 7) is 3.53. The summed E-state index contributed by atoms with van der Waals surface area (Å²) in [5.74, 6) is 1.01. The fourth-order valence-corrected chi connectivity index (χ4v) is 6.30. The first-order valence-electron chi connectivity index (χ1n) is 15.1. The number of carbonyl (C=O) groups excluding carboxylic acids is 1. The maximum absolute atomic E-state index is 14.0. The van der Waals surface area contributed by atoms with Crippen LogP contribution in [0.3, 0.4) is 0 Å². The van der Waals surface area contributed by atoms with Crippen LogP contribution in [0.25, 0.3) is 5.65 Å². The predicted octanol–water partition coefficient (Wildman–Crippen LogP) is 3.77. The van der Waals surface area contributed by atoms with E-state index in [1.807, 2.05) is 28.8 Å². The van der Waals surface area contributed by atoms with Crippen LogP contribution in [0.1, 0.15) is 28.6 Å². The molecular formula is C33H36Cl2N4O7. The van der Waals surface area contributed by atoms with Gasteiger partial charge < -0.3 is 38.5 Å². The van der Waals surface area contributed by atoms with Crippen molar-refractivity contribution in [1.82, 2.24) is 19.2 Å². The van der Waals surface area contributed by atoms with Gasteiger partial charge in [-0.15, -0.1) is 0 Å². The molecule has 244 valence electrons. The molecule has 2 unspecified atom stereocenters. The fourth-order valence-electron chi connectivity index (χ4n) is 5.89. The molecule has 2 aliphatic heterocycles. The lowest BCUT2D eigenvalue weighted by Crippen LogP contribution is -2.43. The summed E-state index contributed by atoms with van der Waals surface area (Å²) in [7, 11) is 1.52. The largest absolute Gasteiger partial charge is 0.493 e. The summed E-state index contributed by atoms with van der Waals surface area (Å²) in [5.41, 5.74) is 4.15. The third-order valence-corrected chi connectivity index (χ3v) is 8.72. The topological polar surface area (TPSA) is 118 Å². The van der Waals surface area contributed by atoms with E-state index < -0.39 is 18.8 Å². The minimum absolute atomic E-state index is 0.136. The van der Waals surface area contributed by atoms with E-state index in [1.165, 1.54) is 7.11 Å². The van der Waals surface area contributed by atoms with Crippen LogP contribution in [-0.2, 0) is 22.5 Å². The molecule has 6 rings (SSSR count). The lowest BCUT2D eigenvalue weighted by Gasteiger charge is -2.36. The number of carbonyl (C=O) groups is 1. The third kappa shape index (κ3) is 7.05. The van der Waals surface area contributed by atoms with Crippen LogP contribution in [0.4, 0.5) is 0 Å². The monoisotopic (exact) mass is 670 g/mol. The number of aromatic nitrogens is 2. The van der Waals surface area contributed by atoms with Gasteiger partial charge in [-0.2, -0.15) is 0 Å². The van der Waals surface area contributed by atoms with Gasteiger partial charge in [0, 0.05) is 49.9 Å².